The van der Waals surface area contributed by atoms with Crippen molar-refractivity contribution >= 4 is 46.4 Å². The third-order valence-corrected chi connectivity index (χ3v) is 6.53. The average Bonchev–Trinajstić information content (AvgIpc) is 3.14. The fraction of sp³-hybridized carbons (Fsp3) is 0.120. The summed E-state index contributed by atoms with van der Waals surface area (Å²) in [6, 6.07) is 14.5. The van der Waals surface area contributed by atoms with E-state index in [4.69, 9.17) is 5.73 Å². The second-order valence-electron chi connectivity index (χ2n) is 7.72. The summed E-state index contributed by atoms with van der Waals surface area (Å²) in [4.78, 5) is 38.6. The molecule has 35 heavy (non-hydrogen) atoms. The number of nitrogens with one attached hydrogen (secondary N) is 1. The number of amides is 1. The Kier molecular flexibility index (Phi) is 6.36. The minimum atomic E-state index is -1.05. The van der Waals surface area contributed by atoms with Gasteiger partial charge < -0.3 is 15.8 Å². The fourth-order valence-corrected chi connectivity index (χ4v) is 5.01. The van der Waals surface area contributed by atoms with Crippen LogP contribution in [0.5, 0.6) is 0 Å². The predicted molar refractivity (Wildman–Crippen MR) is 130 cm³/mol. The Morgan fingerprint density at radius 3 is 2.66 bits per heavy atom. The van der Waals surface area contributed by atoms with E-state index in [-0.39, 0.29) is 26.2 Å². The van der Waals surface area contributed by atoms with E-state index in [9.17, 15) is 24.0 Å². The van der Waals surface area contributed by atoms with Gasteiger partial charge in [-0.25, -0.2) is 9.18 Å². The van der Waals surface area contributed by atoms with Gasteiger partial charge in [-0.1, -0.05) is 24.3 Å². The Morgan fingerprint density at radius 1 is 1.26 bits per heavy atom. The number of anilines is 1. The van der Waals surface area contributed by atoms with E-state index in [2.05, 4.69) is 10.1 Å². The zero-order valence-corrected chi connectivity index (χ0v) is 19.5. The van der Waals surface area contributed by atoms with Crippen molar-refractivity contribution in [2.24, 2.45) is 5.73 Å². The molecule has 0 aliphatic carbocycles. The Labute approximate surface area is 202 Å². The van der Waals surface area contributed by atoms with Crippen molar-refractivity contribution in [1.29, 1.82) is 5.26 Å². The van der Waals surface area contributed by atoms with Crippen LogP contribution < -0.4 is 25.8 Å². The highest BCUT2D eigenvalue weighted by Gasteiger charge is 2.35. The Bertz CT molecular complexity index is 1630. The Balaban J connectivity index is 2.06. The summed E-state index contributed by atoms with van der Waals surface area (Å²) < 4.78 is 19.9. The number of aryl methyl sites for hydroxylation is 1. The summed E-state index contributed by atoms with van der Waals surface area (Å²) in [6.45, 7) is 1.86. The van der Waals surface area contributed by atoms with Crippen molar-refractivity contribution in [2.45, 2.75) is 12.8 Å². The number of nitriles is 1. The van der Waals surface area contributed by atoms with Gasteiger partial charge in [-0.05, 0) is 42.3 Å². The number of allylic oxidation sites excluding steroid dienone is 1. The smallest absolute Gasteiger partial charge is 0.332 e. The molecule has 4 rings (SSSR count). The highest BCUT2D eigenvalue weighted by molar-refractivity contribution is 7.07. The summed E-state index contributed by atoms with van der Waals surface area (Å²) in [5, 5.41) is 12.8. The normalized spacial score (nSPS) is 15.4. The van der Waals surface area contributed by atoms with Crippen LogP contribution in [0.2, 0.25) is 0 Å². The quantitative estimate of drug-likeness (QED) is 0.535. The third-order valence-electron chi connectivity index (χ3n) is 5.42. The molecule has 3 N–H and O–H groups in total. The number of halogens is 1. The number of thiazole rings is 1. The first-order chi connectivity index (χ1) is 16.7. The van der Waals surface area contributed by atoms with Crippen molar-refractivity contribution in [2.75, 3.05) is 12.4 Å². The van der Waals surface area contributed by atoms with Crippen molar-refractivity contribution in [3.05, 3.63) is 90.6 Å². The number of rotatable bonds is 4. The second kappa shape index (κ2) is 9.40. The molecular formula is C25H19FN4O4S. The number of esters is 1. The highest BCUT2D eigenvalue weighted by atomic mass is 32.1. The molecule has 3 aromatic rings. The van der Waals surface area contributed by atoms with Gasteiger partial charge in [0.25, 0.3) is 11.5 Å². The molecule has 0 bridgehead atoms. The minimum Gasteiger partial charge on any atom is -0.466 e. The highest BCUT2D eigenvalue weighted by Crippen LogP contribution is 2.36. The van der Waals surface area contributed by atoms with Crippen molar-refractivity contribution in [3.8, 4) is 6.07 Å². The number of benzene rings is 2. The van der Waals surface area contributed by atoms with E-state index in [0.29, 0.717) is 11.3 Å². The molecule has 0 saturated carbocycles. The van der Waals surface area contributed by atoms with Crippen molar-refractivity contribution in [3.63, 3.8) is 0 Å². The zero-order chi connectivity index (χ0) is 25.3. The van der Waals surface area contributed by atoms with Gasteiger partial charge in [-0.3, -0.25) is 14.2 Å². The maximum absolute atomic E-state index is 14.2. The van der Waals surface area contributed by atoms with E-state index >= 15 is 0 Å². The van der Waals surface area contributed by atoms with Crippen LogP contribution in [0.15, 0.2) is 58.9 Å². The van der Waals surface area contributed by atoms with E-state index in [0.717, 1.165) is 27.5 Å². The number of nitrogens with two attached hydrogens (primary N) is 1. The molecule has 0 saturated heterocycles. The summed E-state index contributed by atoms with van der Waals surface area (Å²) in [5.74, 6) is -3.19. The molecule has 10 heteroatoms. The number of ether oxygens (including phenoxy) is 1. The SMILES string of the molecule is COC(=O)C=c1sc2n(c1=O)C(N)=C(C#N)C(c1cccc(F)c1)C=2C(=O)Nc1cccc(C)c1. The predicted octanol–water partition coefficient (Wildman–Crippen LogP) is 1.55. The number of carbonyl (C=O) groups is 2. The lowest BCUT2D eigenvalue weighted by Gasteiger charge is -2.25. The minimum absolute atomic E-state index is 0.0227. The molecule has 2 heterocycles. The van der Waals surface area contributed by atoms with Gasteiger partial charge >= 0.3 is 5.97 Å². The number of methoxy groups -OCH3 is 1. The first kappa shape index (κ1) is 23.7. The van der Waals surface area contributed by atoms with Crippen molar-refractivity contribution < 1.29 is 18.7 Å². The molecule has 1 amide bonds. The molecule has 1 unspecified atom stereocenters. The number of carbonyl (C=O) groups excluding carboxylic acids is 2. The molecule has 1 atom stereocenters. The van der Waals surface area contributed by atoms with E-state index in [1.165, 1.54) is 25.3 Å². The first-order valence-corrected chi connectivity index (χ1v) is 11.2. The molecule has 0 spiro atoms. The number of fused-ring (bicyclic) bond motifs is 1. The van der Waals surface area contributed by atoms with Crippen LogP contribution >= 0.6 is 11.3 Å². The number of hydrogen-bond acceptors (Lipinski definition) is 7. The summed E-state index contributed by atoms with van der Waals surface area (Å²) in [5.41, 5.74) is 7.19. The fourth-order valence-electron chi connectivity index (χ4n) is 3.87. The third kappa shape index (κ3) is 4.37. The lowest BCUT2D eigenvalue weighted by atomic mass is 9.83. The summed E-state index contributed by atoms with van der Waals surface area (Å²) in [6.07, 6.45) is 0.991. The molecule has 0 radical (unpaired) electrons. The molecule has 176 valence electrons. The van der Waals surface area contributed by atoms with Gasteiger partial charge in [0.1, 0.15) is 20.8 Å². The molecule has 0 fully saturated rings. The molecule has 1 aliphatic heterocycles. The van der Waals surface area contributed by atoms with Crippen LogP contribution in [0.25, 0.3) is 17.5 Å². The molecule has 1 aliphatic rings. The Hall–Kier alpha value is -4.49. The van der Waals surface area contributed by atoms with Gasteiger partial charge in [0.2, 0.25) is 0 Å². The van der Waals surface area contributed by atoms with Crippen LogP contribution in [0.3, 0.4) is 0 Å². The summed E-state index contributed by atoms with van der Waals surface area (Å²) in [7, 11) is 1.17. The average molecular weight is 491 g/mol. The molecule has 2 aromatic carbocycles. The van der Waals surface area contributed by atoms with Crippen LogP contribution in [0.1, 0.15) is 17.0 Å². The van der Waals surface area contributed by atoms with Gasteiger partial charge in [-0.2, -0.15) is 5.26 Å². The summed E-state index contributed by atoms with van der Waals surface area (Å²) >= 11 is 0.854. The standard InChI is InChI=1S/C25H19FN4O4S/c1-13-5-3-8-16(9-13)29-23(32)21-20(14-6-4-7-15(26)10-14)17(12-27)22(28)30-24(33)18(35-25(21)30)11-19(31)34-2/h3-11,20H,28H2,1-2H3,(H,29,32). The van der Waals surface area contributed by atoms with Gasteiger partial charge in [-0.15, -0.1) is 11.3 Å². The van der Waals surface area contributed by atoms with E-state index in [1.54, 1.807) is 24.3 Å². The second-order valence-corrected chi connectivity index (χ2v) is 8.75. The molecular weight excluding hydrogens is 471 g/mol. The van der Waals surface area contributed by atoms with Gasteiger partial charge in [0.05, 0.1) is 30.2 Å². The van der Waals surface area contributed by atoms with Crippen molar-refractivity contribution in [1.82, 2.24) is 4.57 Å². The topological polar surface area (TPSA) is 127 Å². The van der Waals surface area contributed by atoms with Gasteiger partial charge in [0.15, 0.2) is 0 Å². The monoisotopic (exact) mass is 490 g/mol. The largest absolute Gasteiger partial charge is 0.466 e. The van der Waals surface area contributed by atoms with Crippen LogP contribution in [-0.2, 0) is 14.3 Å². The first-order valence-electron chi connectivity index (χ1n) is 10.3. The number of aromatic nitrogens is 1. The van der Waals surface area contributed by atoms with Gasteiger partial charge in [0, 0.05) is 11.8 Å². The van der Waals surface area contributed by atoms with E-state index < -0.39 is 29.2 Å². The Morgan fingerprint density at radius 2 is 2.00 bits per heavy atom. The zero-order valence-electron chi connectivity index (χ0n) is 18.7. The number of hydrogen-bond donors (Lipinski definition) is 2. The molecule has 1 aromatic heterocycles. The molecule has 8 nitrogen and oxygen atoms in total. The van der Waals surface area contributed by atoms with Crippen LogP contribution in [0.4, 0.5) is 10.1 Å². The maximum Gasteiger partial charge on any atom is 0.332 e. The van der Waals surface area contributed by atoms with Crippen LogP contribution in [-0.4, -0.2) is 23.6 Å². The number of nitrogens with zero attached hydrogens (tertiary/aromatic N) is 2. The van der Waals surface area contributed by atoms with Crippen LogP contribution in [0, 0.1) is 24.1 Å². The van der Waals surface area contributed by atoms with E-state index in [1.807, 2.05) is 19.1 Å². The maximum atomic E-state index is 14.2. The lowest BCUT2D eigenvalue weighted by Crippen LogP contribution is -2.40. The lowest BCUT2D eigenvalue weighted by molar-refractivity contribution is -0.133.